The quantitative estimate of drug-likeness (QED) is 0.642. The highest BCUT2D eigenvalue weighted by Crippen LogP contribution is 2.29. The van der Waals surface area contributed by atoms with Crippen molar-refractivity contribution >= 4 is 0 Å². The number of aliphatic hydroxyl groups is 1. The van der Waals surface area contributed by atoms with Gasteiger partial charge in [0.1, 0.15) is 0 Å². The number of aliphatic hydroxyl groups excluding tert-OH is 1. The van der Waals surface area contributed by atoms with Crippen LogP contribution in [0.15, 0.2) is 18.2 Å². The summed E-state index contributed by atoms with van der Waals surface area (Å²) in [5.74, 6) is 0.488. The number of benzene rings is 1. The summed E-state index contributed by atoms with van der Waals surface area (Å²) in [5.41, 5.74) is 6.02. The summed E-state index contributed by atoms with van der Waals surface area (Å²) in [7, 11) is 0. The van der Waals surface area contributed by atoms with Gasteiger partial charge in [-0.2, -0.15) is 0 Å². The topological polar surface area (TPSA) is 75.7 Å². The maximum atomic E-state index is 9.55. The van der Waals surface area contributed by atoms with E-state index in [9.17, 15) is 10.2 Å². The number of phenolic OH excluding ortho intramolecular Hbond substituents is 1. The number of hydrogen-bond acceptors (Lipinski definition) is 4. The van der Waals surface area contributed by atoms with Crippen molar-refractivity contribution < 1.29 is 14.9 Å². The first-order valence-electron chi connectivity index (χ1n) is 5.52. The van der Waals surface area contributed by atoms with E-state index < -0.39 is 6.10 Å². The molecular weight excluding hydrogens is 206 g/mol. The molecule has 0 aliphatic rings. The van der Waals surface area contributed by atoms with Crippen molar-refractivity contribution in [2.24, 2.45) is 5.73 Å². The van der Waals surface area contributed by atoms with Gasteiger partial charge in [-0.3, -0.25) is 0 Å². The summed E-state index contributed by atoms with van der Waals surface area (Å²) in [5, 5.41) is 19.1. The molecule has 0 bridgehead atoms. The maximum absolute atomic E-state index is 9.55. The van der Waals surface area contributed by atoms with E-state index in [0.29, 0.717) is 17.9 Å². The molecule has 0 saturated heterocycles. The van der Waals surface area contributed by atoms with E-state index in [4.69, 9.17) is 10.5 Å². The molecule has 0 aliphatic carbocycles. The van der Waals surface area contributed by atoms with Crippen LogP contribution in [0, 0.1) is 0 Å². The van der Waals surface area contributed by atoms with Gasteiger partial charge in [-0.25, -0.2) is 0 Å². The molecule has 4 nitrogen and oxygen atoms in total. The summed E-state index contributed by atoms with van der Waals surface area (Å²) in [6.07, 6.45) is 1.25. The van der Waals surface area contributed by atoms with Crippen LogP contribution in [0.4, 0.5) is 0 Å². The molecule has 0 radical (unpaired) electrons. The zero-order valence-corrected chi connectivity index (χ0v) is 9.52. The normalized spacial score (nSPS) is 12.4. The minimum atomic E-state index is -0.714. The van der Waals surface area contributed by atoms with E-state index in [1.807, 2.05) is 0 Å². The first-order valence-corrected chi connectivity index (χ1v) is 5.52. The molecule has 0 spiro atoms. The van der Waals surface area contributed by atoms with Crippen LogP contribution in [-0.4, -0.2) is 23.4 Å². The average molecular weight is 225 g/mol. The van der Waals surface area contributed by atoms with E-state index >= 15 is 0 Å². The summed E-state index contributed by atoms with van der Waals surface area (Å²) in [4.78, 5) is 0. The molecule has 0 fully saturated rings. The number of ether oxygens (including phenoxy) is 1. The summed E-state index contributed by atoms with van der Waals surface area (Å²) >= 11 is 0. The van der Waals surface area contributed by atoms with Crippen LogP contribution in [0.2, 0.25) is 0 Å². The van der Waals surface area contributed by atoms with Gasteiger partial charge in [0.15, 0.2) is 11.5 Å². The van der Waals surface area contributed by atoms with E-state index in [1.165, 1.54) is 6.07 Å². The summed E-state index contributed by atoms with van der Waals surface area (Å²) in [6.45, 7) is 2.78. The van der Waals surface area contributed by atoms with Crippen LogP contribution in [0.25, 0.3) is 0 Å². The van der Waals surface area contributed by atoms with Crippen molar-refractivity contribution in [2.45, 2.75) is 25.9 Å². The van der Waals surface area contributed by atoms with Gasteiger partial charge in [0.2, 0.25) is 0 Å². The van der Waals surface area contributed by atoms with Gasteiger partial charge in [0.25, 0.3) is 0 Å². The van der Waals surface area contributed by atoms with Crippen molar-refractivity contribution in [3.05, 3.63) is 23.8 Å². The zero-order valence-electron chi connectivity index (χ0n) is 9.52. The molecule has 1 rings (SSSR count). The standard InChI is InChI=1S/C12H19NO3/c1-2-3-6-16-12-7-9(11(15)8-13)4-5-10(12)14/h4-5,7,11,14-15H,2-3,6,8,13H2,1H3. The predicted octanol–water partition coefficient (Wildman–Crippen LogP) is 1.56. The van der Waals surface area contributed by atoms with Crippen LogP contribution in [0.5, 0.6) is 11.5 Å². The highest BCUT2D eigenvalue weighted by atomic mass is 16.5. The maximum Gasteiger partial charge on any atom is 0.161 e. The lowest BCUT2D eigenvalue weighted by Crippen LogP contribution is -2.11. The second kappa shape index (κ2) is 6.35. The third-order valence-corrected chi connectivity index (χ3v) is 2.35. The molecule has 1 unspecified atom stereocenters. The second-order valence-electron chi connectivity index (χ2n) is 3.68. The smallest absolute Gasteiger partial charge is 0.161 e. The molecule has 4 heteroatoms. The molecule has 1 aromatic carbocycles. The highest BCUT2D eigenvalue weighted by molar-refractivity contribution is 5.42. The van der Waals surface area contributed by atoms with Gasteiger partial charge in [0.05, 0.1) is 12.7 Å². The third kappa shape index (κ3) is 3.40. The van der Waals surface area contributed by atoms with Gasteiger partial charge in [-0.1, -0.05) is 19.4 Å². The third-order valence-electron chi connectivity index (χ3n) is 2.35. The van der Waals surface area contributed by atoms with Gasteiger partial charge in [0, 0.05) is 6.54 Å². The lowest BCUT2D eigenvalue weighted by atomic mass is 10.1. The van der Waals surface area contributed by atoms with Gasteiger partial charge in [-0.05, 0) is 24.1 Å². The van der Waals surface area contributed by atoms with Crippen molar-refractivity contribution in [2.75, 3.05) is 13.2 Å². The van der Waals surface area contributed by atoms with Crippen LogP contribution < -0.4 is 10.5 Å². The molecule has 4 N–H and O–H groups in total. The summed E-state index contributed by atoms with van der Waals surface area (Å²) < 4.78 is 5.41. The van der Waals surface area contributed by atoms with Crippen LogP contribution >= 0.6 is 0 Å². The molecule has 16 heavy (non-hydrogen) atoms. The molecule has 0 saturated carbocycles. The van der Waals surface area contributed by atoms with Gasteiger partial charge in [-0.15, -0.1) is 0 Å². The Morgan fingerprint density at radius 3 is 2.81 bits per heavy atom. The van der Waals surface area contributed by atoms with E-state index in [1.54, 1.807) is 12.1 Å². The first-order chi connectivity index (χ1) is 7.69. The molecule has 0 aliphatic heterocycles. The Balaban J connectivity index is 2.74. The Morgan fingerprint density at radius 1 is 1.44 bits per heavy atom. The molecule has 1 aromatic rings. The van der Waals surface area contributed by atoms with E-state index in [0.717, 1.165) is 12.8 Å². The van der Waals surface area contributed by atoms with Gasteiger partial charge >= 0.3 is 0 Å². The number of rotatable bonds is 6. The van der Waals surface area contributed by atoms with Crippen LogP contribution in [0.1, 0.15) is 31.4 Å². The average Bonchev–Trinajstić information content (AvgIpc) is 2.31. The zero-order chi connectivity index (χ0) is 12.0. The molecule has 1 atom stereocenters. The Kier molecular flexibility index (Phi) is 5.08. The number of hydrogen-bond donors (Lipinski definition) is 3. The number of nitrogens with two attached hydrogens (primary N) is 1. The molecule has 0 aromatic heterocycles. The molecule has 0 amide bonds. The highest BCUT2D eigenvalue weighted by Gasteiger charge is 2.09. The van der Waals surface area contributed by atoms with Crippen LogP contribution in [-0.2, 0) is 0 Å². The molecule has 0 heterocycles. The largest absolute Gasteiger partial charge is 0.504 e. The lowest BCUT2D eigenvalue weighted by molar-refractivity contribution is 0.185. The molecule has 90 valence electrons. The second-order valence-corrected chi connectivity index (χ2v) is 3.68. The number of phenols is 1. The summed E-state index contributed by atoms with van der Waals surface area (Å²) in [6, 6.07) is 4.78. The predicted molar refractivity (Wildman–Crippen MR) is 62.5 cm³/mol. The lowest BCUT2D eigenvalue weighted by Gasteiger charge is -2.12. The number of unbranched alkanes of at least 4 members (excludes halogenated alkanes) is 1. The van der Waals surface area contributed by atoms with Gasteiger partial charge < -0.3 is 20.7 Å². The first kappa shape index (κ1) is 12.8. The Morgan fingerprint density at radius 2 is 2.19 bits per heavy atom. The fourth-order valence-corrected chi connectivity index (χ4v) is 1.32. The Bertz CT molecular complexity index is 328. The SMILES string of the molecule is CCCCOc1cc(C(O)CN)ccc1O. The minimum Gasteiger partial charge on any atom is -0.504 e. The Labute approximate surface area is 95.7 Å². The van der Waals surface area contributed by atoms with Crippen LogP contribution in [0.3, 0.4) is 0 Å². The monoisotopic (exact) mass is 225 g/mol. The van der Waals surface area contributed by atoms with Crippen molar-refractivity contribution in [1.82, 2.24) is 0 Å². The number of aromatic hydroxyl groups is 1. The van der Waals surface area contributed by atoms with Crippen molar-refractivity contribution in [3.8, 4) is 11.5 Å². The molecular formula is C12H19NO3. The Hall–Kier alpha value is -1.26. The fraction of sp³-hybridized carbons (Fsp3) is 0.500. The van der Waals surface area contributed by atoms with E-state index in [-0.39, 0.29) is 12.3 Å². The fourth-order valence-electron chi connectivity index (χ4n) is 1.32. The minimum absolute atomic E-state index is 0.0871. The van der Waals surface area contributed by atoms with Crippen molar-refractivity contribution in [3.63, 3.8) is 0 Å². The van der Waals surface area contributed by atoms with E-state index in [2.05, 4.69) is 6.92 Å². The van der Waals surface area contributed by atoms with Crippen molar-refractivity contribution in [1.29, 1.82) is 0 Å².